The minimum absolute atomic E-state index is 0.132. The summed E-state index contributed by atoms with van der Waals surface area (Å²) in [7, 11) is -0.237. The first-order chi connectivity index (χ1) is 21.5. The van der Waals surface area contributed by atoms with Gasteiger partial charge in [0.05, 0.1) is 40.7 Å². The standard InChI is InChI=1S/C31H27F5N4O3S2/c1-43-13-12-39(45(42)25-10-5-22(33)6-11-25)24-7-2-20-14-26-19(17-38-40(26)23-8-3-21(32)4-9-23)15-30(20,16-24)28(41)29-37-18-27(44-29)31(34,35)36/h3-6,8-11,14,17-18,24H,2,7,12-13,15-16H2,1H3. The number of thiazole rings is 1. The molecule has 2 aliphatic carbocycles. The fourth-order valence-electron chi connectivity index (χ4n) is 6.10. The maximum absolute atomic E-state index is 14.4. The van der Waals surface area contributed by atoms with Crippen LogP contribution in [0.5, 0.6) is 0 Å². The van der Waals surface area contributed by atoms with Crippen LogP contribution in [0.1, 0.15) is 45.2 Å². The number of nitrogens with zero attached hydrogens (tertiary/aromatic N) is 4. The van der Waals surface area contributed by atoms with Crippen LogP contribution in [0.2, 0.25) is 0 Å². The zero-order valence-electron chi connectivity index (χ0n) is 23.9. The van der Waals surface area contributed by atoms with E-state index < -0.39 is 50.9 Å². The summed E-state index contributed by atoms with van der Waals surface area (Å²) < 4.78 is 90.3. The van der Waals surface area contributed by atoms with Crippen molar-refractivity contribution >= 4 is 34.2 Å². The van der Waals surface area contributed by atoms with Crippen molar-refractivity contribution < 1.29 is 35.7 Å². The Labute approximate surface area is 261 Å². The van der Waals surface area contributed by atoms with E-state index in [4.69, 9.17) is 4.74 Å². The number of alkyl halides is 3. The van der Waals surface area contributed by atoms with Crippen molar-refractivity contribution in [1.29, 1.82) is 0 Å². The number of aromatic nitrogens is 3. The molecule has 45 heavy (non-hydrogen) atoms. The van der Waals surface area contributed by atoms with E-state index in [9.17, 15) is 31.0 Å². The molecule has 3 atom stereocenters. The third kappa shape index (κ3) is 6.03. The van der Waals surface area contributed by atoms with E-state index in [-0.39, 0.29) is 31.0 Å². The summed E-state index contributed by atoms with van der Waals surface area (Å²) in [6.07, 6.45) is 0.623. The number of methoxy groups -OCH3 is 1. The number of benzene rings is 2. The lowest BCUT2D eigenvalue weighted by molar-refractivity contribution is -0.134. The average molecular weight is 663 g/mol. The highest BCUT2D eigenvalue weighted by Gasteiger charge is 2.52. The SMILES string of the molecule is COCCN(C1CCC2=Cc3c(cnn3-c3ccc(F)cc3)CC2(C(=O)c2ncc(C(F)(F)F)s2)C1)S(=O)c1ccc(F)cc1. The van der Waals surface area contributed by atoms with Gasteiger partial charge >= 0.3 is 6.18 Å². The van der Waals surface area contributed by atoms with Gasteiger partial charge in [0.25, 0.3) is 0 Å². The van der Waals surface area contributed by atoms with Crippen LogP contribution in [-0.2, 0) is 28.3 Å². The van der Waals surface area contributed by atoms with Crippen LogP contribution < -0.4 is 0 Å². The van der Waals surface area contributed by atoms with Crippen molar-refractivity contribution in [2.75, 3.05) is 20.3 Å². The Balaban J connectivity index is 1.42. The average Bonchev–Trinajstić information content (AvgIpc) is 3.68. The molecule has 2 aromatic carbocycles. The van der Waals surface area contributed by atoms with Crippen molar-refractivity contribution in [3.63, 3.8) is 0 Å². The summed E-state index contributed by atoms with van der Waals surface area (Å²) in [4.78, 5) is 17.7. The van der Waals surface area contributed by atoms with Crippen LogP contribution in [0, 0.1) is 17.0 Å². The van der Waals surface area contributed by atoms with Crippen LogP contribution in [-0.4, -0.2) is 55.4 Å². The molecule has 14 heteroatoms. The zero-order chi connectivity index (χ0) is 31.9. The van der Waals surface area contributed by atoms with E-state index in [1.54, 1.807) is 27.3 Å². The number of rotatable bonds is 9. The summed E-state index contributed by atoms with van der Waals surface area (Å²) in [6, 6.07) is 10.7. The second-order valence-electron chi connectivity index (χ2n) is 11.0. The first kappa shape index (κ1) is 31.4. The van der Waals surface area contributed by atoms with Gasteiger partial charge in [0.15, 0.2) is 5.01 Å². The molecular weight excluding hydrogens is 635 g/mol. The monoisotopic (exact) mass is 662 g/mol. The highest BCUT2D eigenvalue weighted by atomic mass is 32.2. The normalized spacial score (nSPS) is 20.4. The Kier molecular flexibility index (Phi) is 8.59. The number of carbonyl (C=O) groups is 1. The molecule has 0 saturated heterocycles. The van der Waals surface area contributed by atoms with Crippen LogP contribution >= 0.6 is 11.3 Å². The number of carbonyl (C=O) groups excluding carboxylic acids is 1. The highest BCUT2D eigenvalue weighted by molar-refractivity contribution is 7.82. The maximum atomic E-state index is 14.4. The molecular formula is C31H27F5N4O3S2. The highest BCUT2D eigenvalue weighted by Crippen LogP contribution is 2.52. The van der Waals surface area contributed by atoms with E-state index in [2.05, 4.69) is 10.1 Å². The Morgan fingerprint density at radius 1 is 1.11 bits per heavy atom. The molecule has 0 bridgehead atoms. The summed E-state index contributed by atoms with van der Waals surface area (Å²) in [5.74, 6) is -1.42. The van der Waals surface area contributed by atoms with E-state index in [1.807, 2.05) is 6.08 Å². The summed E-state index contributed by atoms with van der Waals surface area (Å²) in [6.45, 7) is 0.459. The van der Waals surface area contributed by atoms with Crippen molar-refractivity contribution in [1.82, 2.24) is 19.1 Å². The molecule has 0 radical (unpaired) electrons. The van der Waals surface area contributed by atoms with Crippen molar-refractivity contribution in [3.05, 3.63) is 99.3 Å². The zero-order valence-corrected chi connectivity index (χ0v) is 25.5. The molecule has 3 unspecified atom stereocenters. The topological polar surface area (TPSA) is 77.3 Å². The molecule has 1 saturated carbocycles. The first-order valence-corrected chi connectivity index (χ1v) is 16.0. The second kappa shape index (κ2) is 12.3. The Hall–Kier alpha value is -3.59. The number of allylic oxidation sites excluding steroid dienone is 1. The predicted octanol–water partition coefficient (Wildman–Crippen LogP) is 6.66. The summed E-state index contributed by atoms with van der Waals surface area (Å²) in [5, 5.41) is 4.24. The van der Waals surface area contributed by atoms with Crippen molar-refractivity contribution in [2.45, 2.75) is 42.8 Å². The van der Waals surface area contributed by atoms with Crippen LogP contribution in [0.4, 0.5) is 22.0 Å². The van der Waals surface area contributed by atoms with Gasteiger partial charge in [-0.25, -0.2) is 27.0 Å². The Morgan fingerprint density at radius 3 is 2.44 bits per heavy atom. The number of ether oxygens (including phenoxy) is 1. The number of hydrogen-bond acceptors (Lipinski definition) is 6. The van der Waals surface area contributed by atoms with E-state index in [0.717, 1.165) is 0 Å². The van der Waals surface area contributed by atoms with Gasteiger partial charge in [-0.1, -0.05) is 5.57 Å². The molecule has 2 aromatic heterocycles. The number of fused-ring (bicyclic) bond motifs is 2. The number of halogens is 5. The van der Waals surface area contributed by atoms with Gasteiger partial charge < -0.3 is 4.74 Å². The molecule has 6 rings (SSSR count). The fourth-order valence-corrected chi connectivity index (χ4v) is 8.25. The number of Topliss-reactive ketones (excluding diaryl/α,β-unsaturated/α-hetero) is 1. The van der Waals surface area contributed by atoms with Crippen LogP contribution in [0.25, 0.3) is 11.8 Å². The molecule has 7 nitrogen and oxygen atoms in total. The molecule has 0 spiro atoms. The van der Waals surface area contributed by atoms with Gasteiger partial charge in [0.2, 0.25) is 5.78 Å². The molecule has 2 aliphatic rings. The number of ketones is 1. The summed E-state index contributed by atoms with van der Waals surface area (Å²) >= 11 is 0.307. The maximum Gasteiger partial charge on any atom is 0.427 e. The third-order valence-electron chi connectivity index (χ3n) is 8.27. The van der Waals surface area contributed by atoms with Gasteiger partial charge in [0, 0.05) is 19.7 Å². The minimum Gasteiger partial charge on any atom is -0.383 e. The van der Waals surface area contributed by atoms with E-state index in [1.165, 1.54) is 43.5 Å². The lowest BCUT2D eigenvalue weighted by atomic mass is 9.61. The largest absolute Gasteiger partial charge is 0.427 e. The molecule has 0 aliphatic heterocycles. The molecule has 1 fully saturated rings. The first-order valence-electron chi connectivity index (χ1n) is 14.0. The molecule has 236 valence electrons. The minimum atomic E-state index is -4.65. The van der Waals surface area contributed by atoms with Crippen molar-refractivity contribution in [2.24, 2.45) is 5.41 Å². The lowest BCUT2D eigenvalue weighted by Gasteiger charge is -2.46. The lowest BCUT2D eigenvalue weighted by Crippen LogP contribution is -2.50. The number of hydrogen-bond donors (Lipinski definition) is 0. The van der Waals surface area contributed by atoms with Crippen molar-refractivity contribution in [3.8, 4) is 5.69 Å². The summed E-state index contributed by atoms with van der Waals surface area (Å²) in [5.41, 5.74) is 1.42. The Morgan fingerprint density at radius 2 is 1.80 bits per heavy atom. The molecule has 4 aromatic rings. The third-order valence-corrected chi connectivity index (χ3v) is 10.9. The van der Waals surface area contributed by atoms with E-state index >= 15 is 0 Å². The van der Waals surface area contributed by atoms with Gasteiger partial charge in [0.1, 0.15) is 27.5 Å². The molecule has 0 amide bonds. The quantitative estimate of drug-likeness (QED) is 0.148. The van der Waals surface area contributed by atoms with Gasteiger partial charge in [-0.3, -0.25) is 4.79 Å². The Bertz CT molecular complexity index is 1770. The van der Waals surface area contributed by atoms with Gasteiger partial charge in [-0.2, -0.15) is 18.3 Å². The van der Waals surface area contributed by atoms with E-state index in [0.29, 0.717) is 57.8 Å². The molecule has 0 N–H and O–H groups in total. The molecule has 2 heterocycles. The second-order valence-corrected chi connectivity index (χ2v) is 13.4. The smallest absolute Gasteiger partial charge is 0.383 e. The van der Waals surface area contributed by atoms with Gasteiger partial charge in [-0.05, 0) is 85.9 Å². The van der Waals surface area contributed by atoms with Gasteiger partial charge in [-0.15, -0.1) is 11.3 Å². The fraction of sp³-hybridized carbons (Fsp3) is 0.323. The van der Waals surface area contributed by atoms with Crippen LogP contribution in [0.3, 0.4) is 0 Å². The van der Waals surface area contributed by atoms with Crippen LogP contribution in [0.15, 0.2) is 71.4 Å². The predicted molar refractivity (Wildman–Crippen MR) is 158 cm³/mol.